The Morgan fingerprint density at radius 1 is 1.41 bits per heavy atom. The number of nitrogens with one attached hydrogen (secondary N) is 2. The van der Waals surface area contributed by atoms with E-state index in [1.165, 1.54) is 12.1 Å². The van der Waals surface area contributed by atoms with Crippen molar-refractivity contribution in [3.63, 3.8) is 0 Å². The molecule has 2 aromatic rings. The van der Waals surface area contributed by atoms with Crippen LogP contribution in [-0.4, -0.2) is 10.2 Å². The van der Waals surface area contributed by atoms with Crippen LogP contribution in [0.2, 0.25) is 5.02 Å². The summed E-state index contributed by atoms with van der Waals surface area (Å²) < 4.78 is 12.9. The molecule has 5 heteroatoms. The van der Waals surface area contributed by atoms with Crippen molar-refractivity contribution < 1.29 is 4.39 Å². The van der Waals surface area contributed by atoms with Gasteiger partial charge >= 0.3 is 0 Å². The van der Waals surface area contributed by atoms with Crippen LogP contribution in [0.4, 0.5) is 10.1 Å². The molecular formula is C12H13ClFN3. The standard InChI is InChI=1S/C12H13ClFN3/c1-7-10(8(2)17-16-7)6-15-12-4-3-9(14)5-11(12)13/h3-5,15H,6H2,1-2H3,(H,16,17). The number of H-pyrrole nitrogens is 1. The highest BCUT2D eigenvalue weighted by Crippen LogP contribution is 2.23. The number of benzene rings is 1. The Morgan fingerprint density at radius 2 is 2.18 bits per heavy atom. The van der Waals surface area contributed by atoms with E-state index >= 15 is 0 Å². The normalized spacial score (nSPS) is 10.6. The van der Waals surface area contributed by atoms with Gasteiger partial charge in [-0.3, -0.25) is 5.10 Å². The van der Waals surface area contributed by atoms with E-state index in [0.29, 0.717) is 17.3 Å². The van der Waals surface area contributed by atoms with Crippen LogP contribution in [0.3, 0.4) is 0 Å². The molecule has 90 valence electrons. The zero-order valence-corrected chi connectivity index (χ0v) is 10.4. The molecule has 0 saturated carbocycles. The smallest absolute Gasteiger partial charge is 0.124 e. The number of hydrogen-bond donors (Lipinski definition) is 2. The first-order chi connectivity index (χ1) is 8.08. The highest BCUT2D eigenvalue weighted by Gasteiger charge is 2.07. The molecule has 0 unspecified atom stereocenters. The number of nitrogens with zero attached hydrogens (tertiary/aromatic N) is 1. The van der Waals surface area contributed by atoms with Crippen LogP contribution >= 0.6 is 11.6 Å². The van der Waals surface area contributed by atoms with Crippen LogP contribution in [0.15, 0.2) is 18.2 Å². The zero-order chi connectivity index (χ0) is 12.4. The number of hydrogen-bond acceptors (Lipinski definition) is 2. The Bertz CT molecular complexity index is 517. The minimum absolute atomic E-state index is 0.337. The predicted octanol–water partition coefficient (Wildman–Crippen LogP) is 3.43. The van der Waals surface area contributed by atoms with Gasteiger partial charge in [0.25, 0.3) is 0 Å². The summed E-state index contributed by atoms with van der Waals surface area (Å²) in [6.07, 6.45) is 0. The van der Waals surface area contributed by atoms with Gasteiger partial charge in [0.2, 0.25) is 0 Å². The second kappa shape index (κ2) is 4.75. The summed E-state index contributed by atoms with van der Waals surface area (Å²) in [5, 5.41) is 10.6. The van der Waals surface area contributed by atoms with Crippen LogP contribution in [0.1, 0.15) is 17.0 Å². The van der Waals surface area contributed by atoms with Gasteiger partial charge in [-0.1, -0.05) is 11.6 Å². The van der Waals surface area contributed by atoms with Crippen molar-refractivity contribution in [2.45, 2.75) is 20.4 Å². The second-order valence-corrected chi connectivity index (χ2v) is 4.30. The maximum atomic E-state index is 12.9. The number of halogens is 2. The van der Waals surface area contributed by atoms with Crippen molar-refractivity contribution in [2.24, 2.45) is 0 Å². The molecule has 0 amide bonds. The zero-order valence-electron chi connectivity index (χ0n) is 9.64. The molecule has 1 aromatic heterocycles. The third-order valence-corrected chi connectivity index (χ3v) is 2.98. The van der Waals surface area contributed by atoms with Gasteiger partial charge < -0.3 is 5.32 Å². The van der Waals surface area contributed by atoms with E-state index in [0.717, 1.165) is 17.0 Å². The first-order valence-electron chi connectivity index (χ1n) is 5.27. The predicted molar refractivity (Wildman–Crippen MR) is 66.8 cm³/mol. The third-order valence-electron chi connectivity index (χ3n) is 2.67. The Kier molecular flexibility index (Phi) is 3.33. The topological polar surface area (TPSA) is 40.7 Å². The summed E-state index contributed by atoms with van der Waals surface area (Å²) in [6.45, 7) is 4.51. The highest BCUT2D eigenvalue weighted by atomic mass is 35.5. The molecule has 0 saturated heterocycles. The molecule has 0 fully saturated rings. The van der Waals surface area contributed by atoms with E-state index in [4.69, 9.17) is 11.6 Å². The molecule has 1 aromatic carbocycles. The molecule has 0 aliphatic carbocycles. The Morgan fingerprint density at radius 3 is 2.76 bits per heavy atom. The summed E-state index contributed by atoms with van der Waals surface area (Å²) in [6, 6.07) is 4.30. The van der Waals surface area contributed by atoms with E-state index in [1.807, 2.05) is 13.8 Å². The second-order valence-electron chi connectivity index (χ2n) is 3.89. The van der Waals surface area contributed by atoms with E-state index in [-0.39, 0.29) is 5.82 Å². The monoisotopic (exact) mass is 253 g/mol. The Hall–Kier alpha value is -1.55. The van der Waals surface area contributed by atoms with Gasteiger partial charge in [-0.2, -0.15) is 5.10 Å². The molecule has 0 radical (unpaired) electrons. The summed E-state index contributed by atoms with van der Waals surface area (Å²) in [5.74, 6) is -0.337. The SMILES string of the molecule is Cc1n[nH]c(C)c1CNc1ccc(F)cc1Cl. The van der Waals surface area contributed by atoms with Crippen LogP contribution in [0.25, 0.3) is 0 Å². The number of aryl methyl sites for hydroxylation is 2. The van der Waals surface area contributed by atoms with Gasteiger partial charge in [-0.25, -0.2) is 4.39 Å². The number of anilines is 1. The highest BCUT2D eigenvalue weighted by molar-refractivity contribution is 6.33. The fourth-order valence-corrected chi connectivity index (χ4v) is 1.89. The van der Waals surface area contributed by atoms with Crippen molar-refractivity contribution in [3.05, 3.63) is 46.0 Å². The largest absolute Gasteiger partial charge is 0.380 e. The molecule has 0 aliphatic heterocycles. The molecule has 2 N–H and O–H groups in total. The minimum atomic E-state index is -0.337. The van der Waals surface area contributed by atoms with Gasteiger partial charge in [-0.15, -0.1) is 0 Å². The van der Waals surface area contributed by atoms with E-state index in [2.05, 4.69) is 15.5 Å². The van der Waals surface area contributed by atoms with Gasteiger partial charge in [0, 0.05) is 17.8 Å². The maximum absolute atomic E-state index is 12.9. The van der Waals surface area contributed by atoms with Gasteiger partial charge in [0.05, 0.1) is 16.4 Å². The Balaban J connectivity index is 2.13. The number of rotatable bonds is 3. The van der Waals surface area contributed by atoms with Crippen LogP contribution in [-0.2, 0) is 6.54 Å². The first kappa shape index (κ1) is 11.9. The average molecular weight is 254 g/mol. The van der Waals surface area contributed by atoms with Crippen molar-refractivity contribution in [3.8, 4) is 0 Å². The lowest BCUT2D eigenvalue weighted by Crippen LogP contribution is -2.02. The molecule has 1 heterocycles. The van der Waals surface area contributed by atoms with Crippen LogP contribution < -0.4 is 5.32 Å². The fraction of sp³-hybridized carbons (Fsp3) is 0.250. The maximum Gasteiger partial charge on any atom is 0.124 e. The van der Waals surface area contributed by atoms with Gasteiger partial charge in [0.15, 0.2) is 0 Å². The fourth-order valence-electron chi connectivity index (χ4n) is 1.65. The number of aromatic amines is 1. The van der Waals surface area contributed by atoms with Gasteiger partial charge in [0.1, 0.15) is 5.82 Å². The molecule has 17 heavy (non-hydrogen) atoms. The molecule has 0 aliphatic rings. The molecule has 2 rings (SSSR count). The van der Waals surface area contributed by atoms with E-state index in [9.17, 15) is 4.39 Å². The van der Waals surface area contributed by atoms with Crippen molar-refractivity contribution in [1.82, 2.24) is 10.2 Å². The van der Waals surface area contributed by atoms with Gasteiger partial charge in [-0.05, 0) is 32.0 Å². The quantitative estimate of drug-likeness (QED) is 0.880. The number of aromatic nitrogens is 2. The lowest BCUT2D eigenvalue weighted by atomic mass is 10.2. The van der Waals surface area contributed by atoms with Crippen LogP contribution in [0.5, 0.6) is 0 Å². The van der Waals surface area contributed by atoms with Crippen molar-refractivity contribution in [1.29, 1.82) is 0 Å². The lowest BCUT2D eigenvalue weighted by molar-refractivity contribution is 0.628. The minimum Gasteiger partial charge on any atom is -0.380 e. The van der Waals surface area contributed by atoms with E-state index in [1.54, 1.807) is 6.07 Å². The van der Waals surface area contributed by atoms with Crippen LogP contribution in [0, 0.1) is 19.7 Å². The molecule has 0 atom stereocenters. The van der Waals surface area contributed by atoms with Crippen molar-refractivity contribution in [2.75, 3.05) is 5.32 Å². The first-order valence-corrected chi connectivity index (χ1v) is 5.65. The van der Waals surface area contributed by atoms with E-state index < -0.39 is 0 Å². The summed E-state index contributed by atoms with van der Waals surface area (Å²) in [7, 11) is 0. The summed E-state index contributed by atoms with van der Waals surface area (Å²) >= 11 is 5.92. The summed E-state index contributed by atoms with van der Waals surface area (Å²) in [5.41, 5.74) is 3.79. The molecule has 0 spiro atoms. The lowest BCUT2D eigenvalue weighted by Gasteiger charge is -2.08. The molecule has 3 nitrogen and oxygen atoms in total. The Labute approximate surface area is 104 Å². The molecular weight excluding hydrogens is 241 g/mol. The summed E-state index contributed by atoms with van der Waals surface area (Å²) in [4.78, 5) is 0. The third kappa shape index (κ3) is 2.58. The molecule has 0 bridgehead atoms. The average Bonchev–Trinajstić information content (AvgIpc) is 2.58. The van der Waals surface area contributed by atoms with Crippen molar-refractivity contribution >= 4 is 17.3 Å².